The smallest absolute Gasteiger partial charge is 0.229 e. The van der Waals surface area contributed by atoms with Crippen LogP contribution in [0.2, 0.25) is 0 Å². The predicted octanol–water partition coefficient (Wildman–Crippen LogP) is 3.03. The van der Waals surface area contributed by atoms with Gasteiger partial charge >= 0.3 is 0 Å². The van der Waals surface area contributed by atoms with Gasteiger partial charge in [0.2, 0.25) is 11.8 Å². The molecule has 116 valence electrons. The second kappa shape index (κ2) is 10.8. The van der Waals surface area contributed by atoms with Gasteiger partial charge in [-0.05, 0) is 19.3 Å². The van der Waals surface area contributed by atoms with E-state index in [-0.39, 0.29) is 11.8 Å². The summed E-state index contributed by atoms with van der Waals surface area (Å²) in [4.78, 5) is 24.6. The summed E-state index contributed by atoms with van der Waals surface area (Å²) in [6, 6.07) is 0. The van der Waals surface area contributed by atoms with Crippen LogP contribution < -0.4 is 0 Å². The van der Waals surface area contributed by atoms with Crippen molar-refractivity contribution in [3.05, 3.63) is 0 Å². The monoisotopic (exact) mass is 283 g/mol. The topological polar surface area (TPSA) is 57.6 Å². The number of aliphatic hydroxyl groups is 1. The zero-order valence-electron chi connectivity index (χ0n) is 12.6. The fourth-order valence-electron chi connectivity index (χ4n) is 2.67. The van der Waals surface area contributed by atoms with Gasteiger partial charge in [0.25, 0.3) is 0 Å². The zero-order valence-corrected chi connectivity index (χ0v) is 12.6. The van der Waals surface area contributed by atoms with Crippen LogP contribution in [0, 0.1) is 0 Å². The molecule has 0 aromatic heterocycles. The summed E-state index contributed by atoms with van der Waals surface area (Å²) in [7, 11) is 0. The highest BCUT2D eigenvalue weighted by molar-refractivity contribution is 5.97. The number of imide groups is 1. The van der Waals surface area contributed by atoms with E-state index in [1.807, 2.05) is 0 Å². The van der Waals surface area contributed by atoms with Gasteiger partial charge in [-0.2, -0.15) is 0 Å². The minimum atomic E-state index is 0.0186. The highest BCUT2D eigenvalue weighted by Gasteiger charge is 2.24. The molecule has 1 N–H and O–H groups in total. The molecule has 0 saturated carbocycles. The lowest BCUT2D eigenvalue weighted by molar-refractivity contribution is -0.147. The Balaban J connectivity index is 1.91. The van der Waals surface area contributed by atoms with Crippen LogP contribution in [0.4, 0.5) is 0 Å². The van der Waals surface area contributed by atoms with E-state index >= 15 is 0 Å². The molecule has 0 spiro atoms. The molecule has 1 aliphatic rings. The average molecular weight is 283 g/mol. The Hall–Kier alpha value is -0.900. The van der Waals surface area contributed by atoms with Crippen LogP contribution in [0.5, 0.6) is 0 Å². The fraction of sp³-hybridized carbons (Fsp3) is 0.875. The number of hydrogen-bond donors (Lipinski definition) is 1. The number of carbonyl (C=O) groups is 2. The van der Waals surface area contributed by atoms with Gasteiger partial charge in [-0.15, -0.1) is 0 Å². The van der Waals surface area contributed by atoms with Crippen LogP contribution in [-0.4, -0.2) is 35.0 Å². The van der Waals surface area contributed by atoms with Crippen LogP contribution in [0.3, 0.4) is 0 Å². The largest absolute Gasteiger partial charge is 0.396 e. The predicted molar refractivity (Wildman–Crippen MR) is 79.2 cm³/mol. The van der Waals surface area contributed by atoms with E-state index in [1.54, 1.807) is 0 Å². The number of hydrogen-bond acceptors (Lipinski definition) is 3. The fourth-order valence-corrected chi connectivity index (χ4v) is 2.67. The quantitative estimate of drug-likeness (QED) is 0.468. The number of rotatable bonds is 11. The molecule has 0 unspecified atom stereocenters. The van der Waals surface area contributed by atoms with Crippen LogP contribution >= 0.6 is 0 Å². The molecule has 1 saturated heterocycles. The maximum Gasteiger partial charge on any atom is 0.229 e. The average Bonchev–Trinajstić information content (AvgIpc) is 2.43. The third-order valence-corrected chi connectivity index (χ3v) is 3.92. The Morgan fingerprint density at radius 2 is 1.20 bits per heavy atom. The summed E-state index contributed by atoms with van der Waals surface area (Å²) in [6.45, 7) is 0.933. The van der Waals surface area contributed by atoms with Crippen LogP contribution in [0.1, 0.15) is 77.0 Å². The minimum Gasteiger partial charge on any atom is -0.396 e. The van der Waals surface area contributed by atoms with E-state index in [2.05, 4.69) is 0 Å². The first kappa shape index (κ1) is 17.2. The second-order valence-corrected chi connectivity index (χ2v) is 5.70. The Bertz CT molecular complexity index is 275. The summed E-state index contributed by atoms with van der Waals surface area (Å²) in [5.41, 5.74) is 0. The summed E-state index contributed by atoms with van der Waals surface area (Å²) < 4.78 is 0. The molecule has 2 amide bonds. The van der Waals surface area contributed by atoms with Crippen LogP contribution in [-0.2, 0) is 9.59 Å². The van der Waals surface area contributed by atoms with Crippen molar-refractivity contribution in [1.29, 1.82) is 0 Å². The van der Waals surface area contributed by atoms with Gasteiger partial charge in [0.05, 0.1) is 0 Å². The van der Waals surface area contributed by atoms with E-state index in [1.165, 1.54) is 37.0 Å². The molecule has 1 rings (SSSR count). The van der Waals surface area contributed by atoms with Gasteiger partial charge in [0.15, 0.2) is 0 Å². The number of amides is 2. The van der Waals surface area contributed by atoms with Crippen molar-refractivity contribution < 1.29 is 14.7 Å². The number of aliphatic hydroxyl groups excluding tert-OH is 1. The van der Waals surface area contributed by atoms with Gasteiger partial charge < -0.3 is 5.11 Å². The molecular weight excluding hydrogens is 254 g/mol. The first-order valence-electron chi connectivity index (χ1n) is 8.20. The molecule has 0 aliphatic carbocycles. The van der Waals surface area contributed by atoms with Crippen LogP contribution in [0.25, 0.3) is 0 Å². The van der Waals surface area contributed by atoms with Gasteiger partial charge in [0, 0.05) is 26.0 Å². The Morgan fingerprint density at radius 1 is 0.750 bits per heavy atom. The molecule has 4 nitrogen and oxygen atoms in total. The van der Waals surface area contributed by atoms with Crippen molar-refractivity contribution in [2.24, 2.45) is 0 Å². The molecule has 1 fully saturated rings. The maximum atomic E-state index is 11.6. The van der Waals surface area contributed by atoms with Gasteiger partial charge in [0.1, 0.15) is 0 Å². The molecule has 0 bridgehead atoms. The normalized spacial score (nSPS) is 15.9. The Morgan fingerprint density at radius 3 is 1.70 bits per heavy atom. The number of unbranched alkanes of at least 4 members (excludes halogenated alkanes) is 8. The summed E-state index contributed by atoms with van der Waals surface area (Å²) in [5.74, 6) is 0.0373. The molecule has 1 aliphatic heterocycles. The lowest BCUT2D eigenvalue weighted by Crippen LogP contribution is -2.40. The third kappa shape index (κ3) is 7.04. The van der Waals surface area contributed by atoms with Crippen LogP contribution in [0.15, 0.2) is 0 Å². The minimum absolute atomic E-state index is 0.0186. The van der Waals surface area contributed by atoms with Gasteiger partial charge in [-0.1, -0.05) is 44.9 Å². The van der Waals surface area contributed by atoms with Crippen molar-refractivity contribution in [2.45, 2.75) is 77.0 Å². The highest BCUT2D eigenvalue weighted by Crippen LogP contribution is 2.14. The summed E-state index contributed by atoms with van der Waals surface area (Å²) in [6.07, 6.45) is 12.1. The number of carbonyl (C=O) groups excluding carboxylic acids is 2. The van der Waals surface area contributed by atoms with Crippen molar-refractivity contribution in [2.75, 3.05) is 13.2 Å². The van der Waals surface area contributed by atoms with E-state index in [4.69, 9.17) is 5.11 Å². The van der Waals surface area contributed by atoms with Gasteiger partial charge in [-0.25, -0.2) is 0 Å². The SMILES string of the molecule is O=C1CCCC(=O)N1CCCCCCCCCCCO. The Kier molecular flexibility index (Phi) is 9.29. The highest BCUT2D eigenvalue weighted by atomic mass is 16.3. The second-order valence-electron chi connectivity index (χ2n) is 5.70. The van der Waals surface area contributed by atoms with E-state index < -0.39 is 0 Å². The van der Waals surface area contributed by atoms with Gasteiger partial charge in [-0.3, -0.25) is 14.5 Å². The molecule has 0 radical (unpaired) electrons. The molecule has 0 aromatic rings. The lowest BCUT2D eigenvalue weighted by atomic mass is 10.1. The molecule has 4 heteroatoms. The molecule has 0 atom stereocenters. The van der Waals surface area contributed by atoms with Crippen molar-refractivity contribution in [1.82, 2.24) is 4.90 Å². The standard InChI is InChI=1S/C16H29NO3/c18-14-9-7-5-3-1-2-4-6-8-13-17-15(19)11-10-12-16(17)20/h18H,1-14H2. The molecule has 20 heavy (non-hydrogen) atoms. The summed E-state index contributed by atoms with van der Waals surface area (Å²) >= 11 is 0. The van der Waals surface area contributed by atoms with E-state index in [0.29, 0.717) is 26.0 Å². The van der Waals surface area contributed by atoms with E-state index in [0.717, 1.165) is 32.1 Å². The van der Waals surface area contributed by atoms with E-state index in [9.17, 15) is 9.59 Å². The molecule has 0 aromatic carbocycles. The molecular formula is C16H29NO3. The number of piperidine rings is 1. The number of nitrogens with zero attached hydrogens (tertiary/aromatic N) is 1. The lowest BCUT2D eigenvalue weighted by Gasteiger charge is -2.24. The maximum absolute atomic E-state index is 11.6. The Labute approximate surface area is 122 Å². The third-order valence-electron chi connectivity index (χ3n) is 3.92. The van der Waals surface area contributed by atoms with Crippen molar-refractivity contribution in [3.8, 4) is 0 Å². The number of likely N-dealkylation sites (tertiary alicyclic amines) is 1. The molecule has 1 heterocycles. The van der Waals surface area contributed by atoms with Crippen molar-refractivity contribution in [3.63, 3.8) is 0 Å². The van der Waals surface area contributed by atoms with Crippen molar-refractivity contribution >= 4 is 11.8 Å². The first-order chi connectivity index (χ1) is 9.75. The first-order valence-corrected chi connectivity index (χ1v) is 8.20. The summed E-state index contributed by atoms with van der Waals surface area (Å²) in [5, 5.41) is 8.66. The zero-order chi connectivity index (χ0) is 14.6.